The third-order valence-electron chi connectivity index (χ3n) is 1.22. The van der Waals surface area contributed by atoms with Gasteiger partial charge in [0.2, 0.25) is 0 Å². The molecule has 0 radical (unpaired) electrons. The normalized spacial score (nSPS) is 13.7. The van der Waals surface area contributed by atoms with Crippen LogP contribution in [0.4, 0.5) is 5.69 Å². The maximum Gasteiger partial charge on any atom is 0.250 e. The lowest BCUT2D eigenvalue weighted by Crippen LogP contribution is -2.11. The van der Waals surface area contributed by atoms with E-state index in [4.69, 9.17) is 5.48 Å². The van der Waals surface area contributed by atoms with Crippen LogP contribution in [0.25, 0.3) is 0 Å². The fourth-order valence-corrected chi connectivity index (χ4v) is 0.778. The number of carbonyl (C=O) groups excluding carboxylic acids is 1. The van der Waals surface area contributed by atoms with Crippen LogP contribution in [-0.4, -0.2) is 5.91 Å². The molecule has 0 aliphatic rings. The van der Waals surface area contributed by atoms with Crippen LogP contribution >= 0.6 is 15.9 Å². The fourth-order valence-electron chi connectivity index (χ4n) is 0.580. The molecule has 0 aliphatic heterocycles. The number of carbonyl (C=O) groups is 1. The standard InChI is InChI=1S/C10H10BrNO/c1-7(2)10(13)12-9-5-3-8(11)4-6-9/h3-6H,1H2,2H3,(H,12,13)/i3D,4D,5D,6D. The van der Waals surface area contributed by atoms with E-state index in [1.54, 1.807) is 0 Å². The Hall–Kier alpha value is -1.09. The lowest BCUT2D eigenvalue weighted by Gasteiger charge is -2.03. The summed E-state index contributed by atoms with van der Waals surface area (Å²) < 4.78 is 30.5. The van der Waals surface area contributed by atoms with E-state index >= 15 is 0 Å². The molecular weight excluding hydrogens is 230 g/mol. The Morgan fingerprint density at radius 2 is 2.08 bits per heavy atom. The van der Waals surface area contributed by atoms with E-state index < -0.39 is 5.91 Å². The molecule has 0 saturated carbocycles. The van der Waals surface area contributed by atoms with Gasteiger partial charge in [-0.2, -0.15) is 0 Å². The predicted octanol–water partition coefficient (Wildman–Crippen LogP) is 2.96. The van der Waals surface area contributed by atoms with Gasteiger partial charge >= 0.3 is 0 Å². The maximum atomic E-state index is 11.4. The summed E-state index contributed by atoms with van der Waals surface area (Å²) in [4.78, 5) is 11.4. The van der Waals surface area contributed by atoms with Crippen molar-refractivity contribution in [3.05, 3.63) is 40.8 Å². The fraction of sp³-hybridized carbons (Fsp3) is 0.100. The molecule has 1 N–H and O–H groups in total. The second-order valence-electron chi connectivity index (χ2n) is 2.42. The van der Waals surface area contributed by atoms with Gasteiger partial charge in [0.15, 0.2) is 0 Å². The van der Waals surface area contributed by atoms with Crippen LogP contribution in [0.1, 0.15) is 12.4 Å². The van der Waals surface area contributed by atoms with E-state index in [0.717, 1.165) is 0 Å². The Bertz CT molecular complexity index is 487. The molecule has 0 aliphatic carbocycles. The van der Waals surface area contributed by atoms with Crippen molar-refractivity contribution in [2.45, 2.75) is 6.92 Å². The number of halogens is 1. The molecule has 0 heterocycles. The van der Waals surface area contributed by atoms with Crippen LogP contribution in [-0.2, 0) is 4.79 Å². The van der Waals surface area contributed by atoms with Gasteiger partial charge in [-0.15, -0.1) is 0 Å². The Labute approximate surface area is 91.4 Å². The largest absolute Gasteiger partial charge is 0.322 e. The summed E-state index contributed by atoms with van der Waals surface area (Å²) in [5.74, 6) is -0.534. The van der Waals surface area contributed by atoms with Crippen molar-refractivity contribution >= 4 is 27.5 Å². The molecule has 1 aromatic carbocycles. The van der Waals surface area contributed by atoms with E-state index in [9.17, 15) is 4.79 Å². The number of rotatable bonds is 2. The number of benzene rings is 1. The topological polar surface area (TPSA) is 29.1 Å². The van der Waals surface area contributed by atoms with E-state index in [1.165, 1.54) is 6.92 Å². The minimum Gasteiger partial charge on any atom is -0.322 e. The van der Waals surface area contributed by atoms with Crippen molar-refractivity contribution in [3.8, 4) is 0 Å². The second kappa shape index (κ2) is 4.23. The van der Waals surface area contributed by atoms with Crippen LogP contribution in [0.2, 0.25) is 0 Å². The number of amides is 1. The first-order chi connectivity index (χ1) is 7.77. The molecule has 13 heavy (non-hydrogen) atoms. The minimum atomic E-state index is -0.534. The van der Waals surface area contributed by atoms with E-state index in [2.05, 4.69) is 27.8 Å². The zero-order valence-electron chi connectivity index (χ0n) is 11.0. The second-order valence-corrected chi connectivity index (χ2v) is 3.22. The van der Waals surface area contributed by atoms with E-state index in [1.807, 2.05) is 0 Å². The number of hydrogen-bond donors (Lipinski definition) is 1. The van der Waals surface area contributed by atoms with Crippen LogP contribution < -0.4 is 5.32 Å². The van der Waals surface area contributed by atoms with Crippen molar-refractivity contribution in [3.63, 3.8) is 0 Å². The lowest BCUT2D eigenvalue weighted by atomic mass is 10.3. The van der Waals surface area contributed by atoms with Gasteiger partial charge in [-0.25, -0.2) is 0 Å². The van der Waals surface area contributed by atoms with Gasteiger partial charge in [0.1, 0.15) is 0 Å². The monoisotopic (exact) mass is 243 g/mol. The van der Waals surface area contributed by atoms with E-state index in [-0.39, 0.29) is 39.9 Å². The minimum absolute atomic E-state index is 0.0702. The zero-order chi connectivity index (χ0) is 13.3. The van der Waals surface area contributed by atoms with Crippen molar-refractivity contribution in [1.82, 2.24) is 0 Å². The van der Waals surface area contributed by atoms with Gasteiger partial charge in [-0.3, -0.25) is 4.79 Å². The molecule has 2 nitrogen and oxygen atoms in total. The Morgan fingerprint density at radius 1 is 1.54 bits per heavy atom. The molecule has 0 fully saturated rings. The molecular formula is C10H10BrNO. The summed E-state index contributed by atoms with van der Waals surface area (Å²) in [6, 6.07) is -1.06. The van der Waals surface area contributed by atoms with Crippen LogP contribution in [0.3, 0.4) is 0 Å². The van der Waals surface area contributed by atoms with E-state index in [0.29, 0.717) is 0 Å². The van der Waals surface area contributed by atoms with Crippen molar-refractivity contribution in [2.24, 2.45) is 0 Å². The van der Waals surface area contributed by atoms with Gasteiger partial charge < -0.3 is 5.32 Å². The van der Waals surface area contributed by atoms with Gasteiger partial charge in [0.25, 0.3) is 5.91 Å². The van der Waals surface area contributed by atoms with Gasteiger partial charge in [0, 0.05) is 15.7 Å². The number of anilines is 1. The van der Waals surface area contributed by atoms with Crippen LogP contribution in [0.5, 0.6) is 0 Å². The van der Waals surface area contributed by atoms with Gasteiger partial charge in [0.05, 0.1) is 5.48 Å². The molecule has 0 unspecified atom stereocenters. The third kappa shape index (κ3) is 3.03. The molecule has 0 bridgehead atoms. The Kier molecular flexibility index (Phi) is 1.82. The van der Waals surface area contributed by atoms with Crippen molar-refractivity contribution in [2.75, 3.05) is 5.32 Å². The molecule has 68 valence electrons. The van der Waals surface area contributed by atoms with Crippen LogP contribution in [0, 0.1) is 0 Å². The summed E-state index contributed by atoms with van der Waals surface area (Å²) in [5, 5.41) is 2.31. The third-order valence-corrected chi connectivity index (χ3v) is 1.62. The molecule has 0 spiro atoms. The Morgan fingerprint density at radius 3 is 2.54 bits per heavy atom. The summed E-state index contributed by atoms with van der Waals surface area (Å²) in [5.41, 5.74) is 0.0842. The first-order valence-electron chi connectivity index (χ1n) is 5.50. The average Bonchev–Trinajstić information content (AvgIpc) is 2.29. The molecule has 1 amide bonds. The van der Waals surface area contributed by atoms with Crippen molar-refractivity contribution < 1.29 is 10.3 Å². The highest BCUT2D eigenvalue weighted by Gasteiger charge is 2.01. The summed E-state index contributed by atoms with van der Waals surface area (Å²) in [6.45, 7) is 4.93. The van der Waals surface area contributed by atoms with Gasteiger partial charge in [-0.05, 0) is 31.1 Å². The zero-order valence-corrected chi connectivity index (χ0v) is 8.58. The molecule has 1 rings (SSSR count). The first-order valence-corrected chi connectivity index (χ1v) is 4.29. The molecule has 1 aromatic rings. The highest BCUT2D eigenvalue weighted by Crippen LogP contribution is 2.14. The molecule has 0 saturated heterocycles. The number of nitrogens with one attached hydrogen (secondary N) is 1. The molecule has 0 atom stereocenters. The van der Waals surface area contributed by atoms with Gasteiger partial charge in [-0.1, -0.05) is 22.5 Å². The smallest absolute Gasteiger partial charge is 0.250 e. The van der Waals surface area contributed by atoms with Crippen molar-refractivity contribution in [1.29, 1.82) is 0 Å². The molecule has 0 aromatic heterocycles. The Balaban J connectivity index is 3.35. The maximum absolute atomic E-state index is 11.4. The summed E-state index contributed by atoms with van der Waals surface area (Å²) in [6.07, 6.45) is 0. The average molecular weight is 244 g/mol. The quantitative estimate of drug-likeness (QED) is 0.796. The summed E-state index contributed by atoms with van der Waals surface area (Å²) >= 11 is 2.96. The first kappa shape index (κ1) is 5.60. The lowest BCUT2D eigenvalue weighted by molar-refractivity contribution is -0.112. The SMILES string of the molecule is [2H]c1c([2H])c(NC(=O)C(=C)C)c([2H])c([2H])c1Br. The molecule has 3 heteroatoms. The van der Waals surface area contributed by atoms with Crippen LogP contribution in [0.15, 0.2) is 40.8 Å². The number of hydrogen-bond acceptors (Lipinski definition) is 1. The highest BCUT2D eigenvalue weighted by molar-refractivity contribution is 9.10. The predicted molar refractivity (Wildman–Crippen MR) is 57.6 cm³/mol. The highest BCUT2D eigenvalue weighted by atomic mass is 79.9. The summed E-state index contributed by atoms with van der Waals surface area (Å²) in [7, 11) is 0.